The van der Waals surface area contributed by atoms with Gasteiger partial charge in [-0.05, 0) is 42.3 Å². The van der Waals surface area contributed by atoms with Gasteiger partial charge >= 0.3 is 6.18 Å². The number of alkyl halides is 3. The van der Waals surface area contributed by atoms with Crippen LogP contribution in [0.25, 0.3) is 0 Å². The molecule has 0 fully saturated rings. The fraction of sp³-hybridized carbons (Fsp3) is 0.304. The number of halogens is 3. The molecule has 4 rings (SSSR count). The maximum atomic E-state index is 13.4. The molecule has 2 aromatic carbocycles. The normalized spacial score (nSPS) is 16.9. The summed E-state index contributed by atoms with van der Waals surface area (Å²) in [6, 6.07) is 13.1. The van der Waals surface area contributed by atoms with Crippen molar-refractivity contribution in [3.05, 3.63) is 93.3 Å². The van der Waals surface area contributed by atoms with Crippen molar-refractivity contribution in [3.63, 3.8) is 0 Å². The summed E-state index contributed by atoms with van der Waals surface area (Å²) in [7, 11) is 1.49. The molecule has 3 aromatic rings. The zero-order valence-corrected chi connectivity index (χ0v) is 17.4. The second-order valence-corrected chi connectivity index (χ2v) is 7.73. The number of nitrogens with zero attached hydrogens (tertiary/aromatic N) is 3. The van der Waals surface area contributed by atoms with Crippen LogP contribution in [0.15, 0.2) is 60.8 Å². The summed E-state index contributed by atoms with van der Waals surface area (Å²) in [4.78, 5) is 12.9. The minimum absolute atomic E-state index is 0.0605. The van der Waals surface area contributed by atoms with Gasteiger partial charge in [0.25, 0.3) is 5.69 Å². The van der Waals surface area contributed by atoms with Crippen molar-refractivity contribution in [1.29, 1.82) is 0 Å². The molecule has 0 unspecified atom stereocenters. The van der Waals surface area contributed by atoms with Crippen molar-refractivity contribution < 1.29 is 22.8 Å². The topological polar surface area (TPSA) is 60.5 Å². The lowest BCUT2D eigenvalue weighted by Crippen LogP contribution is -2.30. The molecule has 1 aromatic heterocycles. The molecule has 9 heteroatoms. The molecule has 1 aliphatic rings. The van der Waals surface area contributed by atoms with Crippen LogP contribution in [0.1, 0.15) is 34.8 Å². The molecule has 1 atom stereocenters. The summed E-state index contributed by atoms with van der Waals surface area (Å²) in [6.07, 6.45) is -1.74. The fourth-order valence-electron chi connectivity index (χ4n) is 4.30. The summed E-state index contributed by atoms with van der Waals surface area (Å²) in [6.45, 7) is 1.63. The number of ether oxygens (including phenoxy) is 1. The van der Waals surface area contributed by atoms with E-state index in [0.29, 0.717) is 23.4 Å². The Hall–Kier alpha value is -3.33. The number of nitro benzene ring substituents is 1. The van der Waals surface area contributed by atoms with Crippen molar-refractivity contribution in [2.75, 3.05) is 13.7 Å². The van der Waals surface area contributed by atoms with E-state index in [1.165, 1.54) is 31.4 Å². The first-order valence-corrected chi connectivity index (χ1v) is 10.2. The minimum Gasteiger partial charge on any atom is -0.496 e. The number of methoxy groups -OCH3 is 1. The maximum Gasteiger partial charge on any atom is 0.416 e. The number of aromatic nitrogens is 1. The van der Waals surface area contributed by atoms with Crippen LogP contribution >= 0.6 is 0 Å². The van der Waals surface area contributed by atoms with E-state index in [1.807, 2.05) is 18.3 Å². The number of rotatable bonds is 5. The van der Waals surface area contributed by atoms with Gasteiger partial charge < -0.3 is 9.30 Å². The van der Waals surface area contributed by atoms with Crippen LogP contribution in [0.4, 0.5) is 18.9 Å². The highest BCUT2D eigenvalue weighted by Crippen LogP contribution is 2.37. The molecule has 0 aliphatic carbocycles. The van der Waals surface area contributed by atoms with Gasteiger partial charge in [-0.1, -0.05) is 12.1 Å². The highest BCUT2D eigenvalue weighted by Gasteiger charge is 2.33. The van der Waals surface area contributed by atoms with Crippen LogP contribution in [-0.4, -0.2) is 28.0 Å². The predicted molar refractivity (Wildman–Crippen MR) is 112 cm³/mol. The number of fused-ring (bicyclic) bond motifs is 1. The monoisotopic (exact) mass is 445 g/mol. The molecule has 0 amide bonds. The van der Waals surface area contributed by atoms with E-state index in [0.717, 1.165) is 24.7 Å². The van der Waals surface area contributed by atoms with Crippen molar-refractivity contribution in [2.24, 2.45) is 0 Å². The summed E-state index contributed by atoms with van der Waals surface area (Å²) < 4.78 is 47.7. The van der Waals surface area contributed by atoms with E-state index in [-0.39, 0.29) is 12.2 Å². The minimum atomic E-state index is -4.45. The second-order valence-electron chi connectivity index (χ2n) is 7.73. The molecule has 2 heterocycles. The smallest absolute Gasteiger partial charge is 0.416 e. The number of hydrogen-bond donors (Lipinski definition) is 0. The molecule has 1 aliphatic heterocycles. The van der Waals surface area contributed by atoms with Crippen LogP contribution in [0.3, 0.4) is 0 Å². The zero-order valence-electron chi connectivity index (χ0n) is 17.4. The third kappa shape index (κ3) is 4.34. The fourth-order valence-corrected chi connectivity index (χ4v) is 4.30. The highest BCUT2D eigenvalue weighted by atomic mass is 19.4. The standard InChI is InChI=1S/C23H22F3N3O3/c1-32-21-9-8-19(29(30)31)14-17(21)15-28-12-4-11-27-10-3-7-20(27)22(28)16-5-2-6-18(13-16)23(24,25)26/h2-3,5-10,13-14,22H,4,11-12,15H2,1H3/t22-/m1/s1. The molecule has 6 nitrogen and oxygen atoms in total. The third-order valence-electron chi connectivity index (χ3n) is 5.73. The van der Waals surface area contributed by atoms with Crippen LogP contribution in [0.2, 0.25) is 0 Å². The second kappa shape index (κ2) is 8.66. The first-order chi connectivity index (χ1) is 15.3. The Bertz CT molecular complexity index is 1130. The van der Waals surface area contributed by atoms with Crippen LogP contribution in [0, 0.1) is 10.1 Å². The Kier molecular flexibility index (Phi) is 5.92. The average Bonchev–Trinajstić information content (AvgIpc) is 3.14. The Morgan fingerprint density at radius 3 is 2.66 bits per heavy atom. The maximum absolute atomic E-state index is 13.4. The van der Waals surface area contributed by atoms with Crippen molar-refractivity contribution in [2.45, 2.75) is 31.7 Å². The van der Waals surface area contributed by atoms with Crippen LogP contribution in [-0.2, 0) is 19.3 Å². The molecular weight excluding hydrogens is 423 g/mol. The van der Waals surface area contributed by atoms with Gasteiger partial charge in [0.2, 0.25) is 0 Å². The first kappa shape index (κ1) is 21.9. The third-order valence-corrected chi connectivity index (χ3v) is 5.73. The number of aryl methyl sites for hydroxylation is 1. The van der Waals surface area contributed by atoms with Gasteiger partial charge in [0.1, 0.15) is 5.75 Å². The number of hydrogen-bond acceptors (Lipinski definition) is 4. The summed E-state index contributed by atoms with van der Waals surface area (Å²) >= 11 is 0. The van der Waals surface area contributed by atoms with E-state index in [9.17, 15) is 23.3 Å². The van der Waals surface area contributed by atoms with E-state index in [4.69, 9.17) is 4.74 Å². The Balaban J connectivity index is 1.79. The lowest BCUT2D eigenvalue weighted by atomic mass is 9.98. The van der Waals surface area contributed by atoms with Gasteiger partial charge in [-0.25, -0.2) is 0 Å². The van der Waals surface area contributed by atoms with Gasteiger partial charge in [-0.3, -0.25) is 15.0 Å². The molecule has 0 spiro atoms. The van der Waals surface area contributed by atoms with E-state index in [2.05, 4.69) is 9.47 Å². The van der Waals surface area contributed by atoms with Gasteiger partial charge in [0.15, 0.2) is 0 Å². The Morgan fingerprint density at radius 1 is 1.12 bits per heavy atom. The quantitative estimate of drug-likeness (QED) is 0.389. The van der Waals surface area contributed by atoms with Gasteiger partial charge in [0, 0.05) is 49.2 Å². The number of nitro groups is 1. The molecule has 0 saturated carbocycles. The van der Waals surface area contributed by atoms with Gasteiger partial charge in [-0.15, -0.1) is 0 Å². The van der Waals surface area contributed by atoms with Crippen LogP contribution in [0.5, 0.6) is 5.75 Å². The lowest BCUT2D eigenvalue weighted by molar-refractivity contribution is -0.385. The highest BCUT2D eigenvalue weighted by molar-refractivity contribution is 5.44. The summed E-state index contributed by atoms with van der Waals surface area (Å²) in [5.74, 6) is 0.498. The van der Waals surface area contributed by atoms with Crippen molar-refractivity contribution >= 4 is 5.69 Å². The average molecular weight is 445 g/mol. The molecule has 0 N–H and O–H groups in total. The SMILES string of the molecule is COc1ccc([N+](=O)[O-])cc1CN1CCCn2cccc2[C@H]1c1cccc(C(F)(F)F)c1. The largest absolute Gasteiger partial charge is 0.496 e. The number of benzene rings is 2. The molecule has 32 heavy (non-hydrogen) atoms. The van der Waals surface area contributed by atoms with Gasteiger partial charge in [0.05, 0.1) is 23.6 Å². The first-order valence-electron chi connectivity index (χ1n) is 10.2. The van der Waals surface area contributed by atoms with Crippen LogP contribution < -0.4 is 4.74 Å². The zero-order chi connectivity index (χ0) is 22.9. The molecule has 0 bridgehead atoms. The van der Waals surface area contributed by atoms with Crippen molar-refractivity contribution in [3.8, 4) is 5.75 Å². The molecule has 168 valence electrons. The van der Waals surface area contributed by atoms with E-state index in [1.54, 1.807) is 12.1 Å². The Labute approximate surface area is 183 Å². The Morgan fingerprint density at radius 2 is 1.94 bits per heavy atom. The van der Waals surface area contributed by atoms with Crippen molar-refractivity contribution in [1.82, 2.24) is 9.47 Å². The van der Waals surface area contributed by atoms with E-state index >= 15 is 0 Å². The molecule has 0 radical (unpaired) electrons. The van der Waals surface area contributed by atoms with E-state index < -0.39 is 22.7 Å². The molecular formula is C23H22F3N3O3. The molecule has 0 saturated heterocycles. The van der Waals surface area contributed by atoms with Gasteiger partial charge in [-0.2, -0.15) is 13.2 Å². The predicted octanol–water partition coefficient (Wildman–Crippen LogP) is 5.42. The lowest BCUT2D eigenvalue weighted by Gasteiger charge is -2.31. The summed E-state index contributed by atoms with van der Waals surface area (Å²) in [5, 5.41) is 11.3. The summed E-state index contributed by atoms with van der Waals surface area (Å²) in [5.41, 5.74) is 1.25. The number of non-ortho nitro benzene ring substituents is 1.